The zero-order valence-corrected chi connectivity index (χ0v) is 12.6. The molecule has 1 saturated carbocycles. The third kappa shape index (κ3) is 5.97. The zero-order chi connectivity index (χ0) is 17.0. The van der Waals surface area contributed by atoms with E-state index in [-0.39, 0.29) is 34.8 Å². The number of hydrogen-bond donors (Lipinski definition) is 2. The molecule has 2 N–H and O–H groups in total. The number of benzene rings is 1. The van der Waals surface area contributed by atoms with Gasteiger partial charge in [0.2, 0.25) is 11.8 Å². The van der Waals surface area contributed by atoms with Gasteiger partial charge in [-0.2, -0.15) is 13.2 Å². The van der Waals surface area contributed by atoms with Crippen molar-refractivity contribution in [2.75, 3.05) is 18.5 Å². The second-order valence-corrected chi connectivity index (χ2v) is 5.52. The fourth-order valence-corrected chi connectivity index (χ4v) is 1.91. The van der Waals surface area contributed by atoms with Gasteiger partial charge >= 0.3 is 6.18 Å². The molecule has 126 valence electrons. The summed E-state index contributed by atoms with van der Waals surface area (Å²) in [5.41, 5.74) is 0.00687. The molecule has 0 heterocycles. The lowest BCUT2D eigenvalue weighted by Gasteiger charge is -2.14. The second-order valence-electron chi connectivity index (χ2n) is 5.08. The molecule has 0 spiro atoms. The number of alkyl halides is 3. The first kappa shape index (κ1) is 17.4. The Morgan fingerprint density at radius 3 is 2.61 bits per heavy atom. The standard InChI is InChI=1S/C14H14ClF3N2O3/c15-9-3-4-11(23-7-14(16,17)18)10(5-9)20-12(21)6-19-13(22)8-1-2-8/h3-5,8H,1-2,6-7H2,(H,19,22)(H,20,21). The molecule has 23 heavy (non-hydrogen) atoms. The fourth-order valence-electron chi connectivity index (χ4n) is 1.74. The lowest BCUT2D eigenvalue weighted by molar-refractivity contribution is -0.153. The molecule has 0 radical (unpaired) electrons. The van der Waals surface area contributed by atoms with Crippen LogP contribution in [0.15, 0.2) is 18.2 Å². The summed E-state index contributed by atoms with van der Waals surface area (Å²) < 4.78 is 41.3. The van der Waals surface area contributed by atoms with Gasteiger partial charge in [-0.3, -0.25) is 9.59 Å². The normalized spacial score (nSPS) is 14.3. The lowest BCUT2D eigenvalue weighted by atomic mass is 10.3. The minimum atomic E-state index is -4.50. The van der Waals surface area contributed by atoms with Gasteiger partial charge in [0.1, 0.15) is 5.75 Å². The van der Waals surface area contributed by atoms with Crippen LogP contribution < -0.4 is 15.4 Å². The minimum Gasteiger partial charge on any atom is -0.482 e. The van der Waals surface area contributed by atoms with Crippen LogP contribution in [0.5, 0.6) is 5.75 Å². The molecule has 9 heteroatoms. The van der Waals surface area contributed by atoms with E-state index in [1.54, 1.807) is 0 Å². The number of carbonyl (C=O) groups is 2. The highest BCUT2D eigenvalue weighted by atomic mass is 35.5. The van der Waals surface area contributed by atoms with Crippen LogP contribution in [0.2, 0.25) is 5.02 Å². The molecule has 1 aromatic carbocycles. The predicted molar refractivity (Wildman–Crippen MR) is 77.4 cm³/mol. The molecule has 0 unspecified atom stereocenters. The summed E-state index contributed by atoms with van der Waals surface area (Å²) in [6, 6.07) is 3.85. The molecule has 2 amide bonds. The van der Waals surface area contributed by atoms with Gasteiger partial charge in [0.15, 0.2) is 6.61 Å². The van der Waals surface area contributed by atoms with E-state index < -0.39 is 18.7 Å². The van der Waals surface area contributed by atoms with Gasteiger partial charge in [-0.15, -0.1) is 0 Å². The van der Waals surface area contributed by atoms with E-state index in [9.17, 15) is 22.8 Å². The van der Waals surface area contributed by atoms with Crippen molar-refractivity contribution in [1.82, 2.24) is 5.32 Å². The number of anilines is 1. The number of ether oxygens (including phenoxy) is 1. The van der Waals surface area contributed by atoms with Crippen LogP contribution in [0.25, 0.3) is 0 Å². The minimum absolute atomic E-state index is 0.00687. The summed E-state index contributed by atoms with van der Waals surface area (Å²) in [5.74, 6) is -0.994. The molecule has 0 aliphatic heterocycles. The van der Waals surface area contributed by atoms with Crippen LogP contribution in [0, 0.1) is 5.92 Å². The van der Waals surface area contributed by atoms with E-state index >= 15 is 0 Å². The highest BCUT2D eigenvalue weighted by molar-refractivity contribution is 6.31. The van der Waals surface area contributed by atoms with Crippen LogP contribution >= 0.6 is 11.6 Å². The Bertz CT molecular complexity index is 603. The third-order valence-corrected chi connectivity index (χ3v) is 3.21. The summed E-state index contributed by atoms with van der Waals surface area (Å²) in [4.78, 5) is 23.2. The summed E-state index contributed by atoms with van der Waals surface area (Å²) in [5, 5.41) is 5.05. The van der Waals surface area contributed by atoms with Crippen molar-refractivity contribution in [3.05, 3.63) is 23.2 Å². The smallest absolute Gasteiger partial charge is 0.422 e. The van der Waals surface area contributed by atoms with Crippen LogP contribution in [0.1, 0.15) is 12.8 Å². The zero-order valence-electron chi connectivity index (χ0n) is 11.9. The number of carbonyl (C=O) groups excluding carboxylic acids is 2. The molecule has 0 aromatic heterocycles. The maximum absolute atomic E-state index is 12.2. The van der Waals surface area contributed by atoms with Gasteiger partial charge in [-0.05, 0) is 31.0 Å². The van der Waals surface area contributed by atoms with Gasteiger partial charge in [-0.25, -0.2) is 0 Å². The Labute approximate surface area is 135 Å². The molecule has 5 nitrogen and oxygen atoms in total. The van der Waals surface area contributed by atoms with E-state index in [0.717, 1.165) is 12.8 Å². The molecular weight excluding hydrogens is 337 g/mol. The van der Waals surface area contributed by atoms with Gasteiger partial charge in [-0.1, -0.05) is 11.6 Å². The second kappa shape index (κ2) is 7.08. The van der Waals surface area contributed by atoms with Crippen LogP contribution in [-0.2, 0) is 9.59 Å². The van der Waals surface area contributed by atoms with E-state index in [1.807, 2.05) is 0 Å². The van der Waals surface area contributed by atoms with Crippen molar-refractivity contribution >= 4 is 29.1 Å². The predicted octanol–water partition coefficient (Wildman–Crippen LogP) is 2.75. The third-order valence-electron chi connectivity index (χ3n) is 2.98. The van der Waals surface area contributed by atoms with Gasteiger partial charge in [0.25, 0.3) is 0 Å². The van der Waals surface area contributed by atoms with Crippen molar-refractivity contribution in [3.63, 3.8) is 0 Å². The van der Waals surface area contributed by atoms with Crippen molar-refractivity contribution < 1.29 is 27.5 Å². The molecular formula is C14H14ClF3N2O3. The number of nitrogens with one attached hydrogen (secondary N) is 2. The maximum atomic E-state index is 12.2. The largest absolute Gasteiger partial charge is 0.482 e. The molecule has 1 aliphatic carbocycles. The lowest BCUT2D eigenvalue weighted by Crippen LogP contribution is -2.33. The average Bonchev–Trinajstić information content (AvgIpc) is 3.27. The van der Waals surface area contributed by atoms with Crippen LogP contribution in [-0.4, -0.2) is 31.1 Å². The topological polar surface area (TPSA) is 67.4 Å². The molecule has 1 aromatic rings. The monoisotopic (exact) mass is 350 g/mol. The first-order valence-corrected chi connectivity index (χ1v) is 7.19. The van der Waals surface area contributed by atoms with Crippen molar-refractivity contribution in [3.8, 4) is 5.75 Å². The molecule has 1 aliphatic rings. The summed E-state index contributed by atoms with van der Waals surface area (Å²) in [6.45, 7) is -1.77. The quantitative estimate of drug-likeness (QED) is 0.829. The highest BCUT2D eigenvalue weighted by Gasteiger charge is 2.30. The van der Waals surface area contributed by atoms with Crippen LogP contribution in [0.3, 0.4) is 0 Å². The van der Waals surface area contributed by atoms with Gasteiger partial charge in [0.05, 0.1) is 12.2 Å². The van der Waals surface area contributed by atoms with E-state index in [1.165, 1.54) is 18.2 Å². The highest BCUT2D eigenvalue weighted by Crippen LogP contribution is 2.30. The SMILES string of the molecule is O=C(CNC(=O)C1CC1)Nc1cc(Cl)ccc1OCC(F)(F)F. The van der Waals surface area contributed by atoms with E-state index in [2.05, 4.69) is 15.4 Å². The first-order chi connectivity index (χ1) is 10.7. The number of amides is 2. The van der Waals surface area contributed by atoms with Crippen molar-refractivity contribution in [2.24, 2.45) is 5.92 Å². The Morgan fingerprint density at radius 1 is 1.30 bits per heavy atom. The number of hydrogen-bond acceptors (Lipinski definition) is 3. The molecule has 0 saturated heterocycles. The summed E-state index contributed by atoms with van der Waals surface area (Å²) in [7, 11) is 0. The molecule has 2 rings (SSSR count). The summed E-state index contributed by atoms with van der Waals surface area (Å²) in [6.07, 6.45) is -2.90. The Kier molecular flexibility index (Phi) is 5.35. The molecule has 0 bridgehead atoms. The van der Waals surface area contributed by atoms with Crippen molar-refractivity contribution in [1.29, 1.82) is 0 Å². The first-order valence-electron chi connectivity index (χ1n) is 6.81. The molecule has 0 atom stereocenters. The number of halogens is 4. The number of rotatable bonds is 6. The fraction of sp³-hybridized carbons (Fsp3) is 0.429. The van der Waals surface area contributed by atoms with Gasteiger partial charge < -0.3 is 15.4 Å². The van der Waals surface area contributed by atoms with E-state index in [4.69, 9.17) is 11.6 Å². The van der Waals surface area contributed by atoms with Crippen molar-refractivity contribution in [2.45, 2.75) is 19.0 Å². The van der Waals surface area contributed by atoms with Crippen LogP contribution in [0.4, 0.5) is 18.9 Å². The average molecular weight is 351 g/mol. The molecule has 1 fully saturated rings. The maximum Gasteiger partial charge on any atom is 0.422 e. The van der Waals surface area contributed by atoms with E-state index in [0.29, 0.717) is 0 Å². The Hall–Kier alpha value is -1.96. The Morgan fingerprint density at radius 2 is 2.00 bits per heavy atom. The summed E-state index contributed by atoms with van der Waals surface area (Å²) >= 11 is 5.77. The Balaban J connectivity index is 1.95. The van der Waals surface area contributed by atoms with Gasteiger partial charge in [0, 0.05) is 10.9 Å².